The van der Waals surface area contributed by atoms with Crippen molar-refractivity contribution < 1.29 is 23.9 Å². The Morgan fingerprint density at radius 3 is 2.61 bits per heavy atom. The van der Waals surface area contributed by atoms with Crippen molar-refractivity contribution in [2.45, 2.75) is 12.5 Å². The van der Waals surface area contributed by atoms with Gasteiger partial charge in [-0.1, -0.05) is 24.3 Å². The van der Waals surface area contributed by atoms with Gasteiger partial charge < -0.3 is 24.7 Å². The molecule has 2 aromatic carbocycles. The predicted molar refractivity (Wildman–Crippen MR) is 117 cm³/mol. The van der Waals surface area contributed by atoms with Gasteiger partial charge in [-0.05, 0) is 29.8 Å². The second kappa shape index (κ2) is 9.80. The van der Waals surface area contributed by atoms with E-state index in [0.717, 1.165) is 22.2 Å². The molecular formula is C23H25N3O5. The molecule has 31 heavy (non-hydrogen) atoms. The van der Waals surface area contributed by atoms with E-state index in [1.54, 1.807) is 24.4 Å². The Hall–Kier alpha value is -3.81. The molecule has 1 atom stereocenters. The highest BCUT2D eigenvalue weighted by Crippen LogP contribution is 2.19. The SMILES string of the molecule is COC(=O)[C@@H](Cc1c[nH]c2ccccc12)NC(=O)COC(=O)c1cccc(N(C)C)c1. The van der Waals surface area contributed by atoms with Crippen molar-refractivity contribution in [1.82, 2.24) is 10.3 Å². The maximum absolute atomic E-state index is 12.4. The molecule has 1 aromatic heterocycles. The molecule has 1 amide bonds. The van der Waals surface area contributed by atoms with Crippen LogP contribution in [0.4, 0.5) is 5.69 Å². The van der Waals surface area contributed by atoms with Gasteiger partial charge in [-0.3, -0.25) is 4.79 Å². The second-order valence-corrected chi connectivity index (χ2v) is 7.23. The molecule has 0 saturated heterocycles. The van der Waals surface area contributed by atoms with Crippen molar-refractivity contribution in [1.29, 1.82) is 0 Å². The molecule has 0 bridgehead atoms. The molecule has 2 N–H and O–H groups in total. The van der Waals surface area contributed by atoms with Gasteiger partial charge >= 0.3 is 11.9 Å². The van der Waals surface area contributed by atoms with Gasteiger partial charge in [0.1, 0.15) is 6.04 Å². The van der Waals surface area contributed by atoms with Gasteiger partial charge in [0, 0.05) is 43.3 Å². The molecule has 1 heterocycles. The van der Waals surface area contributed by atoms with E-state index < -0.39 is 30.5 Å². The number of H-pyrrole nitrogens is 1. The van der Waals surface area contributed by atoms with Gasteiger partial charge in [0.25, 0.3) is 5.91 Å². The van der Waals surface area contributed by atoms with E-state index in [0.29, 0.717) is 5.56 Å². The zero-order valence-corrected chi connectivity index (χ0v) is 17.7. The summed E-state index contributed by atoms with van der Waals surface area (Å²) in [4.78, 5) is 41.9. The topological polar surface area (TPSA) is 101 Å². The molecule has 8 nitrogen and oxygen atoms in total. The van der Waals surface area contributed by atoms with Crippen LogP contribution in [0.2, 0.25) is 0 Å². The van der Waals surface area contributed by atoms with Crippen LogP contribution in [0.5, 0.6) is 0 Å². The monoisotopic (exact) mass is 423 g/mol. The van der Waals surface area contributed by atoms with Crippen molar-refractivity contribution in [3.8, 4) is 0 Å². The number of hydrogen-bond donors (Lipinski definition) is 2. The molecule has 0 unspecified atom stereocenters. The number of fused-ring (bicyclic) bond motifs is 1. The summed E-state index contributed by atoms with van der Waals surface area (Å²) in [5, 5.41) is 3.55. The lowest BCUT2D eigenvalue weighted by Gasteiger charge is -2.16. The van der Waals surface area contributed by atoms with Gasteiger partial charge in [0.05, 0.1) is 12.7 Å². The number of ether oxygens (including phenoxy) is 2. The smallest absolute Gasteiger partial charge is 0.338 e. The van der Waals surface area contributed by atoms with Gasteiger partial charge in [0.2, 0.25) is 0 Å². The van der Waals surface area contributed by atoms with E-state index in [9.17, 15) is 14.4 Å². The Balaban J connectivity index is 1.62. The lowest BCUT2D eigenvalue weighted by molar-refractivity contribution is -0.145. The molecule has 0 aliphatic carbocycles. The summed E-state index contributed by atoms with van der Waals surface area (Å²) in [5.41, 5.74) is 2.97. The molecule has 8 heteroatoms. The van der Waals surface area contributed by atoms with E-state index in [1.807, 2.05) is 49.3 Å². The third-order valence-electron chi connectivity index (χ3n) is 4.85. The minimum Gasteiger partial charge on any atom is -0.467 e. The van der Waals surface area contributed by atoms with E-state index in [4.69, 9.17) is 9.47 Å². The number of nitrogens with zero attached hydrogens (tertiary/aromatic N) is 1. The highest BCUT2D eigenvalue weighted by atomic mass is 16.5. The second-order valence-electron chi connectivity index (χ2n) is 7.23. The van der Waals surface area contributed by atoms with E-state index in [1.165, 1.54) is 7.11 Å². The number of carbonyl (C=O) groups is 3. The number of methoxy groups -OCH3 is 1. The molecule has 0 aliphatic heterocycles. The molecule has 162 valence electrons. The first kappa shape index (κ1) is 21.9. The third kappa shape index (κ3) is 5.42. The van der Waals surface area contributed by atoms with E-state index in [2.05, 4.69) is 10.3 Å². The Labute approximate surface area is 180 Å². The van der Waals surface area contributed by atoms with Crippen molar-refractivity contribution in [3.05, 3.63) is 65.9 Å². The highest BCUT2D eigenvalue weighted by Gasteiger charge is 2.24. The minimum atomic E-state index is -0.910. The number of carbonyl (C=O) groups excluding carboxylic acids is 3. The number of hydrogen-bond acceptors (Lipinski definition) is 6. The summed E-state index contributed by atoms with van der Waals surface area (Å²) in [7, 11) is 4.98. The van der Waals surface area contributed by atoms with Crippen LogP contribution in [-0.2, 0) is 25.5 Å². The molecule has 0 radical (unpaired) electrons. The summed E-state index contributed by atoms with van der Waals surface area (Å²) in [5.74, 6) is -1.79. The van der Waals surface area contributed by atoms with Crippen LogP contribution in [0, 0.1) is 0 Å². The van der Waals surface area contributed by atoms with Crippen molar-refractivity contribution in [3.63, 3.8) is 0 Å². The number of amides is 1. The Morgan fingerprint density at radius 2 is 1.87 bits per heavy atom. The minimum absolute atomic E-state index is 0.237. The normalized spacial score (nSPS) is 11.6. The van der Waals surface area contributed by atoms with Gasteiger partial charge in [-0.25, -0.2) is 9.59 Å². The average molecular weight is 423 g/mol. The average Bonchev–Trinajstić information content (AvgIpc) is 3.19. The van der Waals surface area contributed by atoms with Crippen LogP contribution >= 0.6 is 0 Å². The van der Waals surface area contributed by atoms with Crippen LogP contribution in [0.15, 0.2) is 54.7 Å². The molecule has 3 rings (SSSR count). The number of esters is 2. The van der Waals surface area contributed by atoms with Crippen LogP contribution < -0.4 is 10.2 Å². The Morgan fingerprint density at radius 1 is 1.10 bits per heavy atom. The Bertz CT molecular complexity index is 1090. The number of aromatic nitrogens is 1. The fourth-order valence-electron chi connectivity index (χ4n) is 3.22. The quantitative estimate of drug-likeness (QED) is 0.539. The number of aromatic amines is 1. The standard InChI is InChI=1S/C23H25N3O5/c1-26(2)17-8-6-7-15(11-17)22(28)31-14-21(27)25-20(23(29)30-3)12-16-13-24-19-10-5-4-9-18(16)19/h4-11,13,20,24H,12,14H2,1-3H3,(H,25,27)/t20-/m1/s1. The summed E-state index contributed by atoms with van der Waals surface area (Å²) < 4.78 is 9.94. The summed E-state index contributed by atoms with van der Waals surface area (Å²) in [6.07, 6.45) is 2.03. The number of benzene rings is 2. The maximum Gasteiger partial charge on any atom is 0.338 e. The number of para-hydroxylation sites is 1. The summed E-state index contributed by atoms with van der Waals surface area (Å²) in [6, 6.07) is 13.6. The fourth-order valence-corrected chi connectivity index (χ4v) is 3.22. The highest BCUT2D eigenvalue weighted by molar-refractivity contribution is 5.93. The molecular weight excluding hydrogens is 398 g/mol. The van der Waals surface area contributed by atoms with Crippen LogP contribution in [0.1, 0.15) is 15.9 Å². The molecule has 0 aliphatic rings. The zero-order chi connectivity index (χ0) is 22.4. The fraction of sp³-hybridized carbons (Fsp3) is 0.261. The summed E-state index contributed by atoms with van der Waals surface area (Å²) in [6.45, 7) is -0.508. The first-order valence-corrected chi connectivity index (χ1v) is 9.75. The third-order valence-corrected chi connectivity index (χ3v) is 4.85. The van der Waals surface area contributed by atoms with Crippen LogP contribution in [0.25, 0.3) is 10.9 Å². The lowest BCUT2D eigenvalue weighted by atomic mass is 10.0. The predicted octanol–water partition coefficient (Wildman–Crippen LogP) is 2.29. The zero-order valence-electron chi connectivity index (χ0n) is 17.7. The van der Waals surface area contributed by atoms with Crippen LogP contribution in [0.3, 0.4) is 0 Å². The first-order valence-electron chi connectivity index (χ1n) is 9.75. The van der Waals surface area contributed by atoms with Gasteiger partial charge in [-0.2, -0.15) is 0 Å². The first-order chi connectivity index (χ1) is 14.9. The maximum atomic E-state index is 12.4. The van der Waals surface area contributed by atoms with Crippen molar-refractivity contribution in [2.24, 2.45) is 0 Å². The van der Waals surface area contributed by atoms with E-state index in [-0.39, 0.29) is 6.42 Å². The Kier molecular flexibility index (Phi) is 6.92. The molecule has 0 fully saturated rings. The van der Waals surface area contributed by atoms with Gasteiger partial charge in [0.15, 0.2) is 6.61 Å². The molecule has 0 saturated carbocycles. The van der Waals surface area contributed by atoms with E-state index >= 15 is 0 Å². The number of nitrogens with one attached hydrogen (secondary N) is 2. The van der Waals surface area contributed by atoms with Crippen molar-refractivity contribution in [2.75, 3.05) is 32.7 Å². The lowest BCUT2D eigenvalue weighted by Crippen LogP contribution is -2.44. The van der Waals surface area contributed by atoms with Crippen LogP contribution in [-0.4, -0.2) is 56.7 Å². The summed E-state index contributed by atoms with van der Waals surface area (Å²) >= 11 is 0. The largest absolute Gasteiger partial charge is 0.467 e. The van der Waals surface area contributed by atoms with Crippen molar-refractivity contribution >= 4 is 34.4 Å². The van der Waals surface area contributed by atoms with Gasteiger partial charge in [-0.15, -0.1) is 0 Å². The molecule has 3 aromatic rings. The molecule has 0 spiro atoms. The number of anilines is 1. The number of rotatable bonds is 8.